The molecule has 2 aliphatic heterocycles. The van der Waals surface area contributed by atoms with Gasteiger partial charge >= 0.3 is 0 Å². The van der Waals surface area contributed by atoms with Crippen molar-refractivity contribution in [2.24, 2.45) is 5.92 Å². The quantitative estimate of drug-likeness (QED) is 0.555. The Bertz CT molecular complexity index is 1010. The summed E-state index contributed by atoms with van der Waals surface area (Å²) >= 11 is 0. The van der Waals surface area contributed by atoms with E-state index in [4.69, 9.17) is 14.2 Å². The Hall–Kier alpha value is -2.35. The molecule has 2 aromatic rings. The number of carbonyl (C=O) groups is 1. The molecule has 2 aromatic carbocycles. The molecule has 4 rings (SSSR count). The molecule has 6 nitrogen and oxygen atoms in total. The van der Waals surface area contributed by atoms with Gasteiger partial charge in [-0.05, 0) is 31.0 Å². The molecule has 1 fully saturated rings. The summed E-state index contributed by atoms with van der Waals surface area (Å²) in [5.41, 5.74) is 1.08. The van der Waals surface area contributed by atoms with Crippen molar-refractivity contribution in [2.75, 3.05) is 27.4 Å². The van der Waals surface area contributed by atoms with Gasteiger partial charge in [-0.25, -0.2) is 0 Å². The van der Waals surface area contributed by atoms with Crippen LogP contribution in [0.1, 0.15) is 37.9 Å². The maximum atomic E-state index is 13.7. The fraction of sp³-hybridized carbons (Fsp3) is 0.536. The van der Waals surface area contributed by atoms with Crippen molar-refractivity contribution in [3.05, 3.63) is 54.1 Å². The van der Waals surface area contributed by atoms with Crippen molar-refractivity contribution >= 4 is 19.2 Å². The van der Waals surface area contributed by atoms with Crippen molar-refractivity contribution < 1.29 is 24.1 Å². The summed E-state index contributed by atoms with van der Waals surface area (Å²) in [6, 6.07) is 16.3. The average Bonchev–Trinajstić information content (AvgIpc) is 3.36. The van der Waals surface area contributed by atoms with Gasteiger partial charge < -0.3 is 24.2 Å². The minimum atomic E-state index is -2.23. The second kappa shape index (κ2) is 10.7. The molecule has 1 N–H and O–H groups in total. The number of fused-ring (bicyclic) bond motifs is 1. The van der Waals surface area contributed by atoms with Crippen molar-refractivity contribution in [1.82, 2.24) is 4.90 Å². The molecule has 1 unspecified atom stereocenters. The number of aliphatic hydroxyl groups excluding tert-OH is 1. The highest BCUT2D eigenvalue weighted by molar-refractivity contribution is 6.91. The predicted molar refractivity (Wildman–Crippen MR) is 140 cm³/mol. The van der Waals surface area contributed by atoms with E-state index in [1.54, 1.807) is 14.2 Å². The molecule has 0 aromatic heterocycles. The first-order chi connectivity index (χ1) is 16.8. The topological polar surface area (TPSA) is 68.2 Å². The fourth-order valence-electron chi connectivity index (χ4n) is 6.00. The molecule has 0 bridgehead atoms. The lowest BCUT2D eigenvalue weighted by Crippen LogP contribution is -2.55. The zero-order valence-electron chi connectivity index (χ0n) is 21.6. The summed E-state index contributed by atoms with van der Waals surface area (Å²) in [6.45, 7) is 7.57. The highest BCUT2D eigenvalue weighted by Gasteiger charge is 2.48. The first-order valence-corrected chi connectivity index (χ1v) is 15.7. The van der Waals surface area contributed by atoms with Gasteiger partial charge in [-0.3, -0.25) is 4.79 Å². The van der Waals surface area contributed by atoms with E-state index in [1.807, 2.05) is 35.2 Å². The van der Waals surface area contributed by atoms with E-state index in [-0.39, 0.29) is 42.2 Å². The molecule has 7 heteroatoms. The number of ether oxygens (including phenoxy) is 3. The molecule has 0 aliphatic carbocycles. The van der Waals surface area contributed by atoms with E-state index >= 15 is 0 Å². The second-order valence-corrected chi connectivity index (χ2v) is 15.2. The Morgan fingerprint density at radius 1 is 1.17 bits per heavy atom. The number of benzene rings is 2. The molecule has 0 spiro atoms. The van der Waals surface area contributed by atoms with E-state index in [1.165, 1.54) is 5.19 Å². The summed E-state index contributed by atoms with van der Waals surface area (Å²) < 4.78 is 18.1. The molecule has 1 amide bonds. The Morgan fingerprint density at radius 2 is 1.89 bits per heavy atom. The molecule has 1 saturated heterocycles. The standard InChI is InChI=1S/C28H39NO5Si/c1-19-27(33-3)23-10-6-7-11-24(23)34-28(19)25(17-26(31)29-16-8-9-20(29)18-30)35(4,5)22-14-12-21(32-2)13-15-22/h6-7,10-15,19-20,25,27-28,30H,8-9,16-18H2,1-5H3/t19-,20+,25?,27-,28-/m1/s1. The van der Waals surface area contributed by atoms with Crippen LogP contribution in [-0.2, 0) is 9.53 Å². The van der Waals surface area contributed by atoms with Gasteiger partial charge in [0.05, 0.1) is 33.9 Å². The monoisotopic (exact) mass is 497 g/mol. The van der Waals surface area contributed by atoms with Crippen LogP contribution in [0.3, 0.4) is 0 Å². The zero-order valence-corrected chi connectivity index (χ0v) is 22.6. The number of methoxy groups -OCH3 is 2. The van der Waals surface area contributed by atoms with Crippen LogP contribution < -0.4 is 14.7 Å². The SMILES string of the molecule is COc1ccc([Si](C)(C)C(CC(=O)N2CCC[C@H]2CO)[C@@H]2Oc3ccccc3[C@H](OC)[C@H]2C)cc1. The molecule has 5 atom stereocenters. The van der Waals surface area contributed by atoms with E-state index in [0.717, 1.165) is 29.9 Å². The normalized spacial score (nSPS) is 25.0. The van der Waals surface area contributed by atoms with Crippen LogP contribution in [0.25, 0.3) is 0 Å². The number of hydrogen-bond acceptors (Lipinski definition) is 5. The maximum Gasteiger partial charge on any atom is 0.223 e. The maximum absolute atomic E-state index is 13.7. The van der Waals surface area contributed by atoms with Crippen molar-refractivity contribution in [3.63, 3.8) is 0 Å². The lowest BCUT2D eigenvalue weighted by molar-refractivity contribution is -0.133. The molecule has 190 valence electrons. The van der Waals surface area contributed by atoms with Gasteiger partial charge in [0.25, 0.3) is 0 Å². The van der Waals surface area contributed by atoms with Gasteiger partial charge in [-0.15, -0.1) is 0 Å². The van der Waals surface area contributed by atoms with E-state index in [2.05, 4.69) is 38.2 Å². The Morgan fingerprint density at radius 3 is 2.54 bits per heavy atom. The number of likely N-dealkylation sites (tertiary alicyclic amines) is 1. The molecule has 0 saturated carbocycles. The van der Waals surface area contributed by atoms with E-state index in [9.17, 15) is 9.90 Å². The van der Waals surface area contributed by atoms with Crippen LogP contribution in [0.5, 0.6) is 11.5 Å². The first-order valence-electron chi connectivity index (χ1n) is 12.6. The van der Waals surface area contributed by atoms with Crippen LogP contribution in [0.15, 0.2) is 48.5 Å². The number of rotatable bonds is 8. The molecular weight excluding hydrogens is 458 g/mol. The zero-order chi connectivity index (χ0) is 25.2. The van der Waals surface area contributed by atoms with Crippen molar-refractivity contribution in [2.45, 2.75) is 63.1 Å². The van der Waals surface area contributed by atoms with Gasteiger partial charge in [0, 0.05) is 37.1 Å². The van der Waals surface area contributed by atoms with Gasteiger partial charge in [-0.2, -0.15) is 0 Å². The van der Waals surface area contributed by atoms with E-state index in [0.29, 0.717) is 13.0 Å². The number of nitrogens with zero attached hydrogens (tertiary/aromatic N) is 1. The van der Waals surface area contributed by atoms with Gasteiger partial charge in [0.15, 0.2) is 0 Å². The minimum Gasteiger partial charge on any atom is -0.497 e. The van der Waals surface area contributed by atoms with Crippen LogP contribution in [-0.4, -0.2) is 63.5 Å². The van der Waals surface area contributed by atoms with Gasteiger partial charge in [0.2, 0.25) is 5.91 Å². The molecule has 0 radical (unpaired) electrons. The van der Waals surface area contributed by atoms with Crippen molar-refractivity contribution in [3.8, 4) is 11.5 Å². The third-order valence-corrected chi connectivity index (χ3v) is 12.4. The third-order valence-electron chi connectivity index (χ3n) is 8.20. The predicted octanol–water partition coefficient (Wildman–Crippen LogP) is 4.14. The Balaban J connectivity index is 1.72. The minimum absolute atomic E-state index is 0.0179. The van der Waals surface area contributed by atoms with Crippen LogP contribution in [0.2, 0.25) is 18.6 Å². The summed E-state index contributed by atoms with van der Waals surface area (Å²) in [7, 11) is 1.20. The largest absolute Gasteiger partial charge is 0.497 e. The van der Waals surface area contributed by atoms with Gasteiger partial charge in [-0.1, -0.05) is 55.5 Å². The van der Waals surface area contributed by atoms with Crippen molar-refractivity contribution in [1.29, 1.82) is 0 Å². The lowest BCUT2D eigenvalue weighted by Gasteiger charge is -2.46. The smallest absolute Gasteiger partial charge is 0.223 e. The summed E-state index contributed by atoms with van der Waals surface area (Å²) in [6.07, 6.45) is 1.94. The van der Waals surface area contributed by atoms with E-state index < -0.39 is 8.07 Å². The highest BCUT2D eigenvalue weighted by Crippen LogP contribution is 2.47. The Labute approximate surface area is 210 Å². The lowest BCUT2D eigenvalue weighted by atomic mass is 9.86. The summed E-state index contributed by atoms with van der Waals surface area (Å²) in [4.78, 5) is 15.6. The molecule has 2 aliphatic rings. The highest BCUT2D eigenvalue weighted by atomic mass is 28.3. The average molecular weight is 498 g/mol. The number of amides is 1. The number of aliphatic hydroxyl groups is 1. The number of hydrogen-bond donors (Lipinski definition) is 1. The molecule has 35 heavy (non-hydrogen) atoms. The van der Waals surface area contributed by atoms with Crippen LogP contribution in [0.4, 0.5) is 0 Å². The molecule has 2 heterocycles. The first kappa shape index (κ1) is 25.7. The number of para-hydroxylation sites is 1. The van der Waals surface area contributed by atoms with Crippen LogP contribution >= 0.6 is 0 Å². The van der Waals surface area contributed by atoms with Gasteiger partial charge in [0.1, 0.15) is 17.6 Å². The Kier molecular flexibility index (Phi) is 7.88. The number of carbonyl (C=O) groups excluding carboxylic acids is 1. The summed E-state index contributed by atoms with van der Waals surface area (Å²) in [5, 5.41) is 11.1. The fourth-order valence-corrected chi connectivity index (χ4v) is 9.33. The third kappa shape index (κ3) is 4.99. The molecular formula is C28H39NO5Si. The second-order valence-electron chi connectivity index (χ2n) is 10.5. The van der Waals surface area contributed by atoms with Crippen LogP contribution in [0, 0.1) is 5.92 Å². The summed E-state index contributed by atoms with van der Waals surface area (Å²) in [5.74, 6) is 1.85.